The Hall–Kier alpha value is -0.760. The molecule has 0 heterocycles. The highest BCUT2D eigenvalue weighted by atomic mass is 31.2. The van der Waals surface area contributed by atoms with Gasteiger partial charge in [-0.15, -0.1) is 0 Å². The second kappa shape index (κ2) is 35.9. The number of phosphoric ester groups is 1. The molecule has 0 bridgehead atoms. The standard InChI is InChI=1S/C43H87N2O6P/c1-6-8-10-12-14-16-18-20-21-22-23-25-27-29-31-33-35-37-43(47)44-41(40-51-52(48,49)50-39-38-45(3,4)5)42(46)36-34-32-30-28-26-24-19-17-15-13-11-9-7-2/h34,36,41-42,46H,6-33,35,37-40H2,1-5H3,(H-,44,47,48,49)/p+1. The number of carbonyl (C=O) groups excluding carboxylic acids is 1. The predicted octanol–water partition coefficient (Wildman–Crippen LogP) is 12.0. The first-order valence-corrected chi connectivity index (χ1v) is 23.6. The summed E-state index contributed by atoms with van der Waals surface area (Å²) >= 11 is 0. The topological polar surface area (TPSA) is 105 Å². The molecule has 0 aromatic carbocycles. The van der Waals surface area contributed by atoms with E-state index in [-0.39, 0.29) is 19.1 Å². The molecule has 3 atom stereocenters. The maximum absolute atomic E-state index is 12.8. The number of amides is 1. The third-order valence-electron chi connectivity index (χ3n) is 10.0. The van der Waals surface area contributed by atoms with E-state index in [2.05, 4.69) is 19.2 Å². The van der Waals surface area contributed by atoms with Crippen molar-refractivity contribution in [1.29, 1.82) is 0 Å². The lowest BCUT2D eigenvalue weighted by molar-refractivity contribution is -0.870. The Morgan fingerprint density at radius 3 is 1.42 bits per heavy atom. The van der Waals surface area contributed by atoms with E-state index in [0.717, 1.165) is 38.5 Å². The molecule has 310 valence electrons. The Balaban J connectivity index is 4.38. The molecule has 3 N–H and O–H groups in total. The predicted molar refractivity (Wildman–Crippen MR) is 222 cm³/mol. The van der Waals surface area contributed by atoms with Crippen molar-refractivity contribution in [2.75, 3.05) is 40.9 Å². The lowest BCUT2D eigenvalue weighted by atomic mass is 10.0. The van der Waals surface area contributed by atoms with Gasteiger partial charge in [0.25, 0.3) is 0 Å². The van der Waals surface area contributed by atoms with Crippen molar-refractivity contribution in [1.82, 2.24) is 5.32 Å². The molecule has 0 saturated carbocycles. The molecule has 0 fully saturated rings. The summed E-state index contributed by atoms with van der Waals surface area (Å²) in [4.78, 5) is 23.1. The third-order valence-corrected chi connectivity index (χ3v) is 11.0. The second-order valence-electron chi connectivity index (χ2n) is 16.4. The molecule has 0 aliphatic heterocycles. The first kappa shape index (κ1) is 51.2. The quantitative estimate of drug-likeness (QED) is 0.0249. The van der Waals surface area contributed by atoms with Crippen LogP contribution in [0.1, 0.15) is 206 Å². The molecule has 0 radical (unpaired) electrons. The Bertz CT molecular complexity index is 865. The minimum absolute atomic E-state index is 0.0645. The van der Waals surface area contributed by atoms with Gasteiger partial charge in [0.1, 0.15) is 13.2 Å². The van der Waals surface area contributed by atoms with Crippen LogP contribution in [0.5, 0.6) is 0 Å². The highest BCUT2D eigenvalue weighted by Gasteiger charge is 2.27. The van der Waals surface area contributed by atoms with E-state index in [1.165, 1.54) is 148 Å². The maximum atomic E-state index is 12.8. The number of quaternary nitrogens is 1. The normalized spacial score (nSPS) is 14.5. The first-order valence-electron chi connectivity index (χ1n) is 22.1. The van der Waals surface area contributed by atoms with Crippen molar-refractivity contribution in [2.24, 2.45) is 0 Å². The lowest BCUT2D eigenvalue weighted by Gasteiger charge is -2.25. The maximum Gasteiger partial charge on any atom is 0.472 e. The van der Waals surface area contributed by atoms with Crippen molar-refractivity contribution < 1.29 is 32.9 Å². The van der Waals surface area contributed by atoms with E-state index >= 15 is 0 Å². The average Bonchev–Trinajstić information content (AvgIpc) is 3.09. The molecule has 9 heteroatoms. The van der Waals surface area contributed by atoms with Crippen molar-refractivity contribution in [2.45, 2.75) is 219 Å². The van der Waals surface area contributed by atoms with Crippen molar-refractivity contribution in [3.05, 3.63) is 12.2 Å². The van der Waals surface area contributed by atoms with Crippen LogP contribution in [0.25, 0.3) is 0 Å². The zero-order valence-corrected chi connectivity index (χ0v) is 36.0. The highest BCUT2D eigenvalue weighted by Crippen LogP contribution is 2.43. The monoisotopic (exact) mass is 760 g/mol. The van der Waals surface area contributed by atoms with Crippen molar-refractivity contribution >= 4 is 13.7 Å². The molecular formula is C43H88N2O6P+. The number of nitrogens with zero attached hydrogens (tertiary/aromatic N) is 1. The molecule has 0 rings (SSSR count). The van der Waals surface area contributed by atoms with Gasteiger partial charge in [-0.05, 0) is 19.3 Å². The zero-order chi connectivity index (χ0) is 38.6. The molecule has 0 aliphatic carbocycles. The summed E-state index contributed by atoms with van der Waals surface area (Å²) in [5.74, 6) is -0.175. The van der Waals surface area contributed by atoms with E-state index in [1.54, 1.807) is 6.08 Å². The van der Waals surface area contributed by atoms with Crippen LogP contribution in [0.3, 0.4) is 0 Å². The van der Waals surface area contributed by atoms with E-state index in [4.69, 9.17) is 9.05 Å². The number of allylic oxidation sites excluding steroid dienone is 1. The molecule has 8 nitrogen and oxygen atoms in total. The largest absolute Gasteiger partial charge is 0.472 e. The van der Waals surface area contributed by atoms with Gasteiger partial charge >= 0.3 is 7.82 Å². The molecule has 0 aromatic heterocycles. The van der Waals surface area contributed by atoms with Crippen LogP contribution in [0.2, 0.25) is 0 Å². The fraction of sp³-hybridized carbons (Fsp3) is 0.930. The minimum Gasteiger partial charge on any atom is -0.387 e. The minimum atomic E-state index is -4.33. The first-order chi connectivity index (χ1) is 25.0. The van der Waals surface area contributed by atoms with Gasteiger partial charge in [0.2, 0.25) is 5.91 Å². The van der Waals surface area contributed by atoms with Gasteiger partial charge in [-0.3, -0.25) is 13.8 Å². The smallest absolute Gasteiger partial charge is 0.387 e. The molecule has 0 saturated heterocycles. The fourth-order valence-corrected chi connectivity index (χ4v) is 7.19. The summed E-state index contributed by atoms with van der Waals surface area (Å²) in [5.41, 5.74) is 0. The molecule has 1 amide bonds. The number of carbonyl (C=O) groups is 1. The van der Waals surface area contributed by atoms with Crippen LogP contribution in [-0.4, -0.2) is 73.4 Å². The number of nitrogens with one attached hydrogen (secondary N) is 1. The summed E-state index contributed by atoms with van der Waals surface area (Å²) < 4.78 is 23.5. The number of unbranched alkanes of at least 4 members (excludes halogenated alkanes) is 27. The second-order valence-corrected chi connectivity index (χ2v) is 17.9. The lowest BCUT2D eigenvalue weighted by Crippen LogP contribution is -2.45. The van der Waals surface area contributed by atoms with Gasteiger partial charge < -0.3 is 19.8 Å². The zero-order valence-electron chi connectivity index (χ0n) is 35.1. The van der Waals surface area contributed by atoms with Crippen LogP contribution in [0.15, 0.2) is 12.2 Å². The van der Waals surface area contributed by atoms with Crippen LogP contribution in [-0.2, 0) is 18.4 Å². The SMILES string of the molecule is CCCCCCCCCCCCCC=CC(O)C(COP(=O)(O)OCC[N+](C)(C)C)NC(=O)CCCCCCCCCCCCCCCCCCC. The summed E-state index contributed by atoms with van der Waals surface area (Å²) in [6.45, 7) is 4.82. The van der Waals surface area contributed by atoms with Crippen molar-refractivity contribution in [3.8, 4) is 0 Å². The van der Waals surface area contributed by atoms with Crippen LogP contribution in [0, 0.1) is 0 Å². The molecule has 0 aliphatic rings. The Morgan fingerprint density at radius 1 is 0.635 bits per heavy atom. The number of likely N-dealkylation sites (N-methyl/N-ethyl adjacent to an activating group) is 1. The number of rotatable bonds is 40. The Labute approximate surface area is 322 Å². The molecule has 0 spiro atoms. The van der Waals surface area contributed by atoms with Crippen LogP contribution < -0.4 is 5.32 Å². The summed E-state index contributed by atoms with van der Waals surface area (Å²) in [5, 5.41) is 13.8. The van der Waals surface area contributed by atoms with Gasteiger partial charge in [-0.25, -0.2) is 4.57 Å². The summed E-state index contributed by atoms with van der Waals surface area (Å²) in [7, 11) is 1.58. The molecule has 52 heavy (non-hydrogen) atoms. The van der Waals surface area contributed by atoms with E-state index in [9.17, 15) is 19.4 Å². The summed E-state index contributed by atoms with van der Waals surface area (Å²) in [6, 6.07) is -0.839. The Morgan fingerprint density at radius 2 is 1.02 bits per heavy atom. The van der Waals surface area contributed by atoms with E-state index in [1.807, 2.05) is 27.2 Å². The number of phosphoric acid groups is 1. The van der Waals surface area contributed by atoms with Crippen LogP contribution >= 0.6 is 7.82 Å². The third kappa shape index (κ3) is 37.6. The van der Waals surface area contributed by atoms with E-state index < -0.39 is 20.0 Å². The van der Waals surface area contributed by atoms with Crippen LogP contribution in [0.4, 0.5) is 0 Å². The number of hydrogen-bond acceptors (Lipinski definition) is 5. The molecular weight excluding hydrogens is 671 g/mol. The van der Waals surface area contributed by atoms with Gasteiger partial charge in [0.05, 0.1) is 39.9 Å². The fourth-order valence-electron chi connectivity index (χ4n) is 6.45. The van der Waals surface area contributed by atoms with Gasteiger partial charge in [0, 0.05) is 6.42 Å². The molecule has 0 aromatic rings. The molecule has 3 unspecified atom stereocenters. The van der Waals surface area contributed by atoms with Gasteiger partial charge in [0.15, 0.2) is 0 Å². The van der Waals surface area contributed by atoms with Gasteiger partial charge in [-0.1, -0.05) is 193 Å². The average molecular weight is 760 g/mol. The summed E-state index contributed by atoms with van der Waals surface area (Å²) in [6.07, 6.45) is 39.8. The number of hydrogen-bond donors (Lipinski definition) is 3. The van der Waals surface area contributed by atoms with Gasteiger partial charge in [-0.2, -0.15) is 0 Å². The number of aliphatic hydroxyl groups is 1. The Kier molecular flexibility index (Phi) is 35.4. The van der Waals surface area contributed by atoms with Crippen molar-refractivity contribution in [3.63, 3.8) is 0 Å². The van der Waals surface area contributed by atoms with E-state index in [0.29, 0.717) is 17.4 Å². The highest BCUT2D eigenvalue weighted by molar-refractivity contribution is 7.47. The number of aliphatic hydroxyl groups excluding tert-OH is 1.